The van der Waals surface area contributed by atoms with Gasteiger partial charge < -0.3 is 19.5 Å². The number of sulfonamides is 1. The highest BCUT2D eigenvalue weighted by Gasteiger charge is 2.27. The van der Waals surface area contributed by atoms with Crippen LogP contribution in [0.25, 0.3) is 0 Å². The van der Waals surface area contributed by atoms with E-state index in [9.17, 15) is 13.2 Å². The van der Waals surface area contributed by atoms with Gasteiger partial charge >= 0.3 is 0 Å². The Balaban J connectivity index is 1.93. The fraction of sp³-hybridized carbons (Fsp3) is 0.278. The van der Waals surface area contributed by atoms with Crippen molar-refractivity contribution in [1.29, 1.82) is 0 Å². The zero-order chi connectivity index (χ0) is 20.5. The maximum atomic E-state index is 12.9. The number of halogens is 1. The molecule has 150 valence electrons. The molecule has 10 heteroatoms. The van der Waals surface area contributed by atoms with Crippen LogP contribution < -0.4 is 24.2 Å². The van der Waals surface area contributed by atoms with Crippen LogP contribution in [0, 0.1) is 0 Å². The third kappa shape index (κ3) is 4.01. The first-order chi connectivity index (χ1) is 13.2. The van der Waals surface area contributed by atoms with Gasteiger partial charge in [0.05, 0.1) is 24.9 Å². The largest absolute Gasteiger partial charge is 0.497 e. The van der Waals surface area contributed by atoms with Gasteiger partial charge in [0, 0.05) is 17.7 Å². The second-order valence-electron chi connectivity index (χ2n) is 6.07. The van der Waals surface area contributed by atoms with Gasteiger partial charge in [-0.05, 0) is 31.2 Å². The van der Waals surface area contributed by atoms with E-state index in [1.165, 1.54) is 26.4 Å². The molecule has 1 aliphatic heterocycles. The molecule has 0 bridgehead atoms. The van der Waals surface area contributed by atoms with E-state index in [1.54, 1.807) is 25.1 Å². The summed E-state index contributed by atoms with van der Waals surface area (Å²) in [5.74, 6) is 0.975. The molecule has 0 fully saturated rings. The van der Waals surface area contributed by atoms with Crippen LogP contribution in [0.2, 0.25) is 5.02 Å². The molecular weight excluding hydrogens is 408 g/mol. The number of fused-ring (bicyclic) bond motifs is 1. The van der Waals surface area contributed by atoms with Gasteiger partial charge in [0.15, 0.2) is 6.61 Å². The summed E-state index contributed by atoms with van der Waals surface area (Å²) < 4.78 is 44.2. The van der Waals surface area contributed by atoms with Crippen LogP contribution in [0.5, 0.6) is 17.2 Å². The van der Waals surface area contributed by atoms with E-state index in [1.807, 2.05) is 0 Å². The van der Waals surface area contributed by atoms with Crippen LogP contribution in [-0.4, -0.2) is 35.2 Å². The highest BCUT2D eigenvalue weighted by atomic mass is 35.5. The number of carbonyl (C=O) groups is 1. The first-order valence-electron chi connectivity index (χ1n) is 8.25. The Bertz CT molecular complexity index is 1020. The van der Waals surface area contributed by atoms with E-state index in [4.69, 9.17) is 25.8 Å². The first kappa shape index (κ1) is 20.2. The Morgan fingerprint density at radius 1 is 1.21 bits per heavy atom. The van der Waals surface area contributed by atoms with E-state index in [-0.39, 0.29) is 28.2 Å². The molecule has 0 spiro atoms. The second-order valence-corrected chi connectivity index (χ2v) is 8.16. The molecule has 2 N–H and O–H groups in total. The number of methoxy groups -OCH3 is 2. The summed E-state index contributed by atoms with van der Waals surface area (Å²) in [4.78, 5) is 11.2. The van der Waals surface area contributed by atoms with Gasteiger partial charge in [-0.15, -0.1) is 0 Å². The van der Waals surface area contributed by atoms with Gasteiger partial charge in [-0.1, -0.05) is 11.6 Å². The van der Waals surface area contributed by atoms with Crippen molar-refractivity contribution in [3.05, 3.63) is 40.9 Å². The fourth-order valence-electron chi connectivity index (χ4n) is 2.82. The fourth-order valence-corrected chi connectivity index (χ4v) is 4.59. The molecule has 2 aromatic rings. The average Bonchev–Trinajstić information content (AvgIpc) is 2.66. The maximum absolute atomic E-state index is 12.9. The Hall–Kier alpha value is -2.49. The predicted molar refractivity (Wildman–Crippen MR) is 104 cm³/mol. The van der Waals surface area contributed by atoms with Crippen molar-refractivity contribution < 1.29 is 27.4 Å². The molecular formula is C18H19ClN2O6S. The zero-order valence-electron chi connectivity index (χ0n) is 15.4. The lowest BCUT2D eigenvalue weighted by molar-refractivity contribution is -0.118. The molecule has 1 amide bonds. The van der Waals surface area contributed by atoms with Crippen molar-refractivity contribution in [2.24, 2.45) is 0 Å². The summed E-state index contributed by atoms with van der Waals surface area (Å²) in [6, 6.07) is 7.10. The highest BCUT2D eigenvalue weighted by Crippen LogP contribution is 2.36. The number of anilines is 1. The van der Waals surface area contributed by atoms with E-state index in [0.717, 1.165) is 0 Å². The van der Waals surface area contributed by atoms with Crippen LogP contribution in [0.3, 0.4) is 0 Å². The number of ether oxygens (including phenoxy) is 3. The molecule has 0 saturated carbocycles. The maximum Gasteiger partial charge on any atom is 0.262 e. The van der Waals surface area contributed by atoms with Crippen LogP contribution in [0.15, 0.2) is 35.2 Å². The van der Waals surface area contributed by atoms with Crippen LogP contribution in [0.4, 0.5) is 5.69 Å². The number of carbonyl (C=O) groups excluding carboxylic acids is 1. The molecule has 0 saturated heterocycles. The minimum Gasteiger partial charge on any atom is -0.497 e. The molecule has 3 rings (SSSR count). The lowest BCUT2D eigenvalue weighted by atomic mass is 10.1. The van der Waals surface area contributed by atoms with Gasteiger partial charge in [-0.2, -0.15) is 0 Å². The van der Waals surface area contributed by atoms with Gasteiger partial charge in [0.1, 0.15) is 22.1 Å². The quantitative estimate of drug-likeness (QED) is 0.736. The van der Waals surface area contributed by atoms with E-state index < -0.39 is 16.1 Å². The van der Waals surface area contributed by atoms with Crippen LogP contribution >= 0.6 is 11.6 Å². The molecule has 8 nitrogen and oxygen atoms in total. The van der Waals surface area contributed by atoms with E-state index in [0.29, 0.717) is 22.7 Å². The lowest BCUT2D eigenvalue weighted by Crippen LogP contribution is -2.29. The molecule has 0 radical (unpaired) electrons. The van der Waals surface area contributed by atoms with Crippen molar-refractivity contribution in [2.75, 3.05) is 26.1 Å². The molecule has 1 heterocycles. The molecule has 0 aromatic heterocycles. The Kier molecular flexibility index (Phi) is 5.69. The summed E-state index contributed by atoms with van der Waals surface area (Å²) in [6.07, 6.45) is 0. The summed E-state index contributed by atoms with van der Waals surface area (Å²) in [5.41, 5.74) is 0.922. The van der Waals surface area contributed by atoms with Gasteiger partial charge in [-0.3, -0.25) is 4.79 Å². The Labute approximate surface area is 167 Å². The van der Waals surface area contributed by atoms with Gasteiger partial charge in [0.2, 0.25) is 10.0 Å². The topological polar surface area (TPSA) is 103 Å². The summed E-state index contributed by atoms with van der Waals surface area (Å²) in [5, 5.41) is 2.54. The first-order valence-corrected chi connectivity index (χ1v) is 10.1. The van der Waals surface area contributed by atoms with E-state index >= 15 is 0 Å². The van der Waals surface area contributed by atoms with Crippen molar-refractivity contribution in [3.63, 3.8) is 0 Å². The average molecular weight is 427 g/mol. The third-order valence-corrected chi connectivity index (χ3v) is 6.20. The third-order valence-electron chi connectivity index (χ3n) is 4.19. The predicted octanol–water partition coefficient (Wildman–Crippen LogP) is 2.73. The zero-order valence-corrected chi connectivity index (χ0v) is 17.0. The molecule has 1 aliphatic rings. The normalized spacial score (nSPS) is 14.5. The number of nitrogens with one attached hydrogen (secondary N) is 2. The van der Waals surface area contributed by atoms with Crippen molar-refractivity contribution in [2.45, 2.75) is 17.9 Å². The van der Waals surface area contributed by atoms with Crippen molar-refractivity contribution in [1.82, 2.24) is 4.72 Å². The SMILES string of the molecule is COc1ccc(OC)c(C(C)NS(=O)(=O)c2cc3c(cc2Cl)NC(=O)CO3)c1. The van der Waals surface area contributed by atoms with Crippen molar-refractivity contribution >= 4 is 33.2 Å². The second kappa shape index (κ2) is 7.86. The Morgan fingerprint density at radius 3 is 2.64 bits per heavy atom. The minimum absolute atomic E-state index is 0.0399. The smallest absolute Gasteiger partial charge is 0.262 e. The molecule has 2 aromatic carbocycles. The van der Waals surface area contributed by atoms with Crippen LogP contribution in [0.1, 0.15) is 18.5 Å². The lowest BCUT2D eigenvalue weighted by Gasteiger charge is -2.21. The summed E-state index contributed by atoms with van der Waals surface area (Å²) in [7, 11) is -0.982. The molecule has 1 atom stereocenters. The number of hydrogen-bond acceptors (Lipinski definition) is 6. The highest BCUT2D eigenvalue weighted by molar-refractivity contribution is 7.89. The van der Waals surface area contributed by atoms with Gasteiger partial charge in [0.25, 0.3) is 5.91 Å². The monoisotopic (exact) mass is 426 g/mol. The number of benzene rings is 2. The molecule has 1 unspecified atom stereocenters. The van der Waals surface area contributed by atoms with Crippen molar-refractivity contribution in [3.8, 4) is 17.2 Å². The summed E-state index contributed by atoms with van der Waals surface area (Å²) >= 11 is 6.16. The number of amides is 1. The molecule has 0 aliphatic carbocycles. The molecule has 28 heavy (non-hydrogen) atoms. The minimum atomic E-state index is -4.00. The summed E-state index contributed by atoms with van der Waals surface area (Å²) in [6.45, 7) is 1.48. The standard InChI is InChI=1S/C18H19ClN2O6S/c1-10(12-6-11(25-2)4-5-15(12)26-3)21-28(23,24)17-8-16-14(7-13(17)19)20-18(22)9-27-16/h4-8,10,21H,9H2,1-3H3,(H,20,22). The van der Waals surface area contributed by atoms with Crippen LogP contribution in [-0.2, 0) is 14.8 Å². The Morgan fingerprint density at radius 2 is 1.96 bits per heavy atom. The number of rotatable bonds is 6. The number of hydrogen-bond donors (Lipinski definition) is 2. The van der Waals surface area contributed by atoms with E-state index in [2.05, 4.69) is 10.0 Å². The van der Waals surface area contributed by atoms with Gasteiger partial charge in [-0.25, -0.2) is 13.1 Å².